The molecule has 0 radical (unpaired) electrons. The molecule has 2 rings (SSSR count). The summed E-state index contributed by atoms with van der Waals surface area (Å²) < 4.78 is 0. The number of rotatable bonds is 4. The van der Waals surface area contributed by atoms with Gasteiger partial charge in [-0.1, -0.05) is 50.7 Å². The molecule has 2 aromatic rings. The molecule has 0 spiro atoms. The van der Waals surface area contributed by atoms with Gasteiger partial charge in [-0.3, -0.25) is 15.2 Å². The van der Waals surface area contributed by atoms with Crippen molar-refractivity contribution in [1.29, 1.82) is 0 Å². The zero-order valence-corrected chi connectivity index (χ0v) is 14.9. The van der Waals surface area contributed by atoms with Crippen LogP contribution in [0, 0.1) is 0 Å². The maximum atomic E-state index is 12.1. The van der Waals surface area contributed by atoms with Gasteiger partial charge in [-0.2, -0.15) is 0 Å². The number of hydrogen-bond donors (Lipinski definition) is 3. The van der Waals surface area contributed by atoms with E-state index in [4.69, 9.17) is 0 Å². The first kappa shape index (κ1) is 18.0. The summed E-state index contributed by atoms with van der Waals surface area (Å²) >= 11 is 1.19. The largest absolute Gasteiger partial charge is 0.325 e. The van der Waals surface area contributed by atoms with Crippen LogP contribution >= 0.6 is 11.8 Å². The minimum absolute atomic E-state index is 0.146. The van der Waals surface area contributed by atoms with E-state index in [1.807, 2.05) is 26.8 Å². The SMILES string of the molecule is CC(Sc1n[nH]c(C(C)(C)C)n1)C(=O)NC(=O)Nc1ccccc1. The summed E-state index contributed by atoms with van der Waals surface area (Å²) in [5.74, 6) is 0.343. The Bertz CT molecular complexity index is 709. The predicted molar refractivity (Wildman–Crippen MR) is 94.0 cm³/mol. The second-order valence-electron chi connectivity index (χ2n) is 6.29. The lowest BCUT2D eigenvalue weighted by Gasteiger charge is -2.13. The summed E-state index contributed by atoms with van der Waals surface area (Å²) in [6.07, 6.45) is 0. The first-order chi connectivity index (χ1) is 11.3. The fourth-order valence-electron chi connectivity index (χ4n) is 1.74. The van der Waals surface area contributed by atoms with Crippen LogP contribution in [0.4, 0.5) is 10.5 Å². The van der Waals surface area contributed by atoms with Gasteiger partial charge < -0.3 is 5.32 Å². The second kappa shape index (κ2) is 7.48. The highest BCUT2D eigenvalue weighted by atomic mass is 32.2. The number of thioether (sulfide) groups is 1. The van der Waals surface area contributed by atoms with E-state index >= 15 is 0 Å². The van der Waals surface area contributed by atoms with Crippen molar-refractivity contribution in [2.45, 2.75) is 43.5 Å². The van der Waals surface area contributed by atoms with Crippen molar-refractivity contribution in [2.24, 2.45) is 0 Å². The van der Waals surface area contributed by atoms with Crippen LogP contribution in [-0.4, -0.2) is 32.4 Å². The highest BCUT2D eigenvalue weighted by Gasteiger charge is 2.22. The molecule has 1 atom stereocenters. The molecule has 0 saturated heterocycles. The van der Waals surface area contributed by atoms with Crippen LogP contribution in [0.3, 0.4) is 0 Å². The molecule has 3 amide bonds. The van der Waals surface area contributed by atoms with Crippen molar-refractivity contribution in [3.8, 4) is 0 Å². The molecule has 1 aromatic carbocycles. The predicted octanol–water partition coefficient (Wildman–Crippen LogP) is 2.93. The first-order valence-electron chi connectivity index (χ1n) is 7.52. The number of carbonyl (C=O) groups is 2. The molecule has 7 nitrogen and oxygen atoms in total. The lowest BCUT2D eigenvalue weighted by molar-refractivity contribution is -0.119. The normalized spacial score (nSPS) is 12.5. The van der Waals surface area contributed by atoms with E-state index in [-0.39, 0.29) is 5.41 Å². The van der Waals surface area contributed by atoms with Gasteiger partial charge in [-0.25, -0.2) is 9.78 Å². The van der Waals surface area contributed by atoms with Crippen molar-refractivity contribution in [3.63, 3.8) is 0 Å². The number of nitrogens with one attached hydrogen (secondary N) is 3. The van der Waals surface area contributed by atoms with Crippen LogP contribution in [0.5, 0.6) is 0 Å². The lowest BCUT2D eigenvalue weighted by atomic mass is 9.96. The van der Waals surface area contributed by atoms with Gasteiger partial charge in [0.2, 0.25) is 11.1 Å². The Morgan fingerprint density at radius 1 is 1.21 bits per heavy atom. The minimum atomic E-state index is -0.566. The molecule has 8 heteroatoms. The smallest absolute Gasteiger partial charge is 0.308 e. The third kappa shape index (κ3) is 5.09. The van der Waals surface area contributed by atoms with Gasteiger partial charge in [0.1, 0.15) is 5.82 Å². The maximum absolute atomic E-state index is 12.1. The Kier molecular flexibility index (Phi) is 5.61. The number of aromatic nitrogens is 3. The van der Waals surface area contributed by atoms with Crippen LogP contribution in [0.25, 0.3) is 0 Å². The number of para-hydroxylation sites is 1. The Balaban J connectivity index is 1.88. The van der Waals surface area contributed by atoms with Crippen molar-refractivity contribution >= 4 is 29.4 Å². The summed E-state index contributed by atoms with van der Waals surface area (Å²) in [6, 6.07) is 8.35. The van der Waals surface area contributed by atoms with E-state index in [0.29, 0.717) is 10.8 Å². The standard InChI is InChI=1S/C16H21N5O2S/c1-10(24-15-19-13(20-21-15)16(2,3)4)12(22)18-14(23)17-11-8-6-5-7-9-11/h5-10H,1-4H3,(H,19,20,21)(H2,17,18,22,23). The summed E-state index contributed by atoms with van der Waals surface area (Å²) in [4.78, 5) is 28.3. The van der Waals surface area contributed by atoms with E-state index in [1.165, 1.54) is 11.8 Å². The highest BCUT2D eigenvalue weighted by molar-refractivity contribution is 8.00. The highest BCUT2D eigenvalue weighted by Crippen LogP contribution is 2.23. The van der Waals surface area contributed by atoms with Gasteiger partial charge in [-0.15, -0.1) is 5.10 Å². The molecule has 1 unspecified atom stereocenters. The van der Waals surface area contributed by atoms with E-state index in [1.54, 1.807) is 31.2 Å². The quantitative estimate of drug-likeness (QED) is 0.739. The second-order valence-corrected chi connectivity index (χ2v) is 7.59. The molecule has 0 aliphatic carbocycles. The third-order valence-corrected chi connectivity index (χ3v) is 4.06. The molecule has 24 heavy (non-hydrogen) atoms. The van der Waals surface area contributed by atoms with Gasteiger partial charge in [-0.05, 0) is 19.1 Å². The van der Waals surface area contributed by atoms with E-state index in [9.17, 15) is 9.59 Å². The molecular formula is C16H21N5O2S. The number of urea groups is 1. The zero-order valence-electron chi connectivity index (χ0n) is 14.1. The monoisotopic (exact) mass is 347 g/mol. The Morgan fingerprint density at radius 2 is 1.88 bits per heavy atom. The van der Waals surface area contributed by atoms with Gasteiger partial charge in [0.25, 0.3) is 0 Å². The number of carbonyl (C=O) groups excluding carboxylic acids is 2. The first-order valence-corrected chi connectivity index (χ1v) is 8.40. The van der Waals surface area contributed by atoms with Gasteiger partial charge in [0.05, 0.1) is 5.25 Å². The number of hydrogen-bond acceptors (Lipinski definition) is 5. The maximum Gasteiger partial charge on any atom is 0.325 e. The van der Waals surface area contributed by atoms with Crippen molar-refractivity contribution in [1.82, 2.24) is 20.5 Å². The molecule has 0 saturated carbocycles. The average molecular weight is 347 g/mol. The molecule has 128 valence electrons. The Morgan fingerprint density at radius 3 is 2.46 bits per heavy atom. The molecule has 0 aliphatic rings. The molecular weight excluding hydrogens is 326 g/mol. The third-order valence-electron chi connectivity index (χ3n) is 3.10. The van der Waals surface area contributed by atoms with Gasteiger partial charge >= 0.3 is 6.03 Å². The Hall–Kier alpha value is -2.35. The molecule has 0 bridgehead atoms. The summed E-state index contributed by atoms with van der Waals surface area (Å²) in [6.45, 7) is 7.76. The molecule has 0 fully saturated rings. The molecule has 3 N–H and O–H groups in total. The van der Waals surface area contributed by atoms with E-state index in [2.05, 4.69) is 25.8 Å². The fraction of sp³-hybridized carbons (Fsp3) is 0.375. The van der Waals surface area contributed by atoms with Crippen LogP contribution in [-0.2, 0) is 10.2 Å². The van der Waals surface area contributed by atoms with Crippen LogP contribution in [0.2, 0.25) is 0 Å². The van der Waals surface area contributed by atoms with Gasteiger partial charge in [0, 0.05) is 11.1 Å². The molecule has 1 aromatic heterocycles. The van der Waals surface area contributed by atoms with E-state index in [0.717, 1.165) is 5.82 Å². The number of nitrogens with zero attached hydrogens (tertiary/aromatic N) is 2. The van der Waals surface area contributed by atoms with Crippen LogP contribution < -0.4 is 10.6 Å². The summed E-state index contributed by atoms with van der Waals surface area (Å²) in [5, 5.41) is 11.8. The Labute approximate surface area is 145 Å². The van der Waals surface area contributed by atoms with Crippen molar-refractivity contribution < 1.29 is 9.59 Å². The van der Waals surface area contributed by atoms with E-state index < -0.39 is 17.2 Å². The number of H-pyrrole nitrogens is 1. The van der Waals surface area contributed by atoms with Crippen molar-refractivity contribution in [3.05, 3.63) is 36.2 Å². The summed E-state index contributed by atoms with van der Waals surface area (Å²) in [5.41, 5.74) is 0.472. The summed E-state index contributed by atoms with van der Waals surface area (Å²) in [7, 11) is 0. The van der Waals surface area contributed by atoms with Crippen LogP contribution in [0.1, 0.15) is 33.5 Å². The van der Waals surface area contributed by atoms with Crippen molar-refractivity contribution in [2.75, 3.05) is 5.32 Å². The number of anilines is 1. The number of benzene rings is 1. The molecule has 1 heterocycles. The average Bonchev–Trinajstić information content (AvgIpc) is 2.96. The topological polar surface area (TPSA) is 99.8 Å². The lowest BCUT2D eigenvalue weighted by Crippen LogP contribution is -2.38. The fourth-order valence-corrected chi connectivity index (χ4v) is 2.47. The minimum Gasteiger partial charge on any atom is -0.308 e. The number of amides is 3. The van der Waals surface area contributed by atoms with Gasteiger partial charge in [0.15, 0.2) is 0 Å². The van der Waals surface area contributed by atoms with Crippen LogP contribution in [0.15, 0.2) is 35.5 Å². The number of imide groups is 1. The zero-order chi connectivity index (χ0) is 17.7. The molecule has 0 aliphatic heterocycles. The number of aromatic amines is 1.